The van der Waals surface area contributed by atoms with Crippen LogP contribution in [0.25, 0.3) is 0 Å². The third kappa shape index (κ3) is 4.10. The van der Waals surface area contributed by atoms with Crippen LogP contribution in [0.1, 0.15) is 34.5 Å². The molecule has 0 saturated heterocycles. The number of esters is 1. The van der Waals surface area contributed by atoms with E-state index in [4.69, 9.17) is 0 Å². The topological polar surface area (TPSA) is 67.4 Å². The molecule has 1 unspecified atom stereocenters. The summed E-state index contributed by atoms with van der Waals surface area (Å²) in [5, 5.41) is 5.16. The maximum atomic E-state index is 13.8. The van der Waals surface area contributed by atoms with Crippen LogP contribution in [0.15, 0.2) is 42.5 Å². The normalized spacial score (nSPS) is 11.5. The molecule has 1 atom stereocenters. The van der Waals surface area contributed by atoms with E-state index in [0.29, 0.717) is 0 Å². The van der Waals surface area contributed by atoms with Gasteiger partial charge in [-0.05, 0) is 43.2 Å². The van der Waals surface area contributed by atoms with Gasteiger partial charge in [0.2, 0.25) is 0 Å². The number of methoxy groups -OCH3 is 1. The second kappa shape index (κ2) is 7.59. The average Bonchev–Trinajstić information content (AvgIpc) is 2.56. The van der Waals surface area contributed by atoms with Crippen LogP contribution in [-0.2, 0) is 4.74 Å². The molecule has 2 aromatic carbocycles. The van der Waals surface area contributed by atoms with Crippen LogP contribution in [0, 0.1) is 12.7 Å². The van der Waals surface area contributed by atoms with Gasteiger partial charge in [0.25, 0.3) is 0 Å². The molecule has 6 heteroatoms. The molecule has 0 fully saturated rings. The fraction of sp³-hybridized carbons (Fsp3) is 0.222. The molecule has 2 aromatic rings. The number of benzene rings is 2. The van der Waals surface area contributed by atoms with Crippen LogP contribution in [0.3, 0.4) is 0 Å². The monoisotopic (exact) mass is 330 g/mol. The highest BCUT2D eigenvalue weighted by atomic mass is 19.1. The molecule has 0 radical (unpaired) electrons. The predicted molar refractivity (Wildman–Crippen MR) is 89.5 cm³/mol. The van der Waals surface area contributed by atoms with Gasteiger partial charge in [0.05, 0.1) is 24.4 Å². The Morgan fingerprint density at radius 3 is 2.54 bits per heavy atom. The summed E-state index contributed by atoms with van der Waals surface area (Å²) in [4.78, 5) is 23.6. The highest BCUT2D eigenvalue weighted by molar-refractivity contribution is 5.94. The van der Waals surface area contributed by atoms with Crippen molar-refractivity contribution in [2.75, 3.05) is 12.4 Å². The second-order valence-corrected chi connectivity index (χ2v) is 5.36. The van der Waals surface area contributed by atoms with Gasteiger partial charge in [-0.15, -0.1) is 0 Å². The molecule has 5 nitrogen and oxygen atoms in total. The lowest BCUT2D eigenvalue weighted by Gasteiger charge is -2.17. The number of urea groups is 1. The lowest BCUT2D eigenvalue weighted by Crippen LogP contribution is -2.31. The van der Waals surface area contributed by atoms with Crippen molar-refractivity contribution in [2.45, 2.75) is 19.9 Å². The van der Waals surface area contributed by atoms with Gasteiger partial charge >= 0.3 is 12.0 Å². The standard InChI is InChI=1S/C18H19FN2O3/c1-11-6-4-5-7-14(11)12(2)20-18(23)21-16-10-13(17(22)24-3)8-9-15(16)19/h4-10,12H,1-3H3,(H2,20,21,23). The maximum absolute atomic E-state index is 13.8. The van der Waals surface area contributed by atoms with E-state index in [9.17, 15) is 14.0 Å². The van der Waals surface area contributed by atoms with E-state index in [-0.39, 0.29) is 17.3 Å². The fourth-order valence-corrected chi connectivity index (χ4v) is 2.37. The molecule has 0 aliphatic rings. The molecular formula is C18H19FN2O3. The number of nitrogens with one attached hydrogen (secondary N) is 2. The smallest absolute Gasteiger partial charge is 0.337 e. The van der Waals surface area contributed by atoms with Gasteiger partial charge in [-0.3, -0.25) is 0 Å². The summed E-state index contributed by atoms with van der Waals surface area (Å²) in [5.74, 6) is -1.24. The van der Waals surface area contributed by atoms with Crippen LogP contribution in [0.4, 0.5) is 14.9 Å². The van der Waals surface area contributed by atoms with Crippen molar-refractivity contribution in [3.63, 3.8) is 0 Å². The molecule has 24 heavy (non-hydrogen) atoms. The van der Waals surface area contributed by atoms with Crippen LogP contribution in [-0.4, -0.2) is 19.1 Å². The zero-order valence-electron chi connectivity index (χ0n) is 13.7. The molecule has 0 saturated carbocycles. The van der Waals surface area contributed by atoms with Gasteiger partial charge in [0.15, 0.2) is 0 Å². The fourth-order valence-electron chi connectivity index (χ4n) is 2.37. The zero-order valence-corrected chi connectivity index (χ0v) is 13.7. The molecule has 0 spiro atoms. The predicted octanol–water partition coefficient (Wildman–Crippen LogP) is 3.80. The van der Waals surface area contributed by atoms with Gasteiger partial charge < -0.3 is 15.4 Å². The van der Waals surface area contributed by atoms with Crippen molar-refractivity contribution in [3.8, 4) is 0 Å². The lowest BCUT2D eigenvalue weighted by atomic mass is 10.0. The van der Waals surface area contributed by atoms with Crippen LogP contribution < -0.4 is 10.6 Å². The number of ether oxygens (including phenoxy) is 1. The molecule has 2 rings (SSSR count). The van der Waals surface area contributed by atoms with E-state index in [1.54, 1.807) is 0 Å². The minimum Gasteiger partial charge on any atom is -0.465 e. The molecule has 2 N–H and O–H groups in total. The molecule has 126 valence electrons. The van der Waals surface area contributed by atoms with E-state index >= 15 is 0 Å². The first-order chi connectivity index (χ1) is 11.4. The van der Waals surface area contributed by atoms with E-state index < -0.39 is 17.8 Å². The molecule has 2 amide bonds. The quantitative estimate of drug-likeness (QED) is 0.838. The van der Waals surface area contributed by atoms with Crippen molar-refractivity contribution in [3.05, 3.63) is 65.0 Å². The number of carbonyl (C=O) groups is 2. The molecule has 0 aliphatic heterocycles. The lowest BCUT2D eigenvalue weighted by molar-refractivity contribution is 0.0600. The number of halogens is 1. The Morgan fingerprint density at radius 2 is 1.88 bits per heavy atom. The number of hydrogen-bond acceptors (Lipinski definition) is 3. The zero-order chi connectivity index (χ0) is 17.7. The first kappa shape index (κ1) is 17.5. The van der Waals surface area contributed by atoms with Crippen molar-refractivity contribution in [2.24, 2.45) is 0 Å². The van der Waals surface area contributed by atoms with E-state index in [0.717, 1.165) is 17.2 Å². The molecule has 0 heterocycles. The Bertz CT molecular complexity index is 762. The van der Waals surface area contributed by atoms with Gasteiger partial charge in [-0.1, -0.05) is 24.3 Å². The van der Waals surface area contributed by atoms with E-state index in [1.807, 2.05) is 38.1 Å². The van der Waals surface area contributed by atoms with Gasteiger partial charge in [-0.25, -0.2) is 14.0 Å². The van der Waals surface area contributed by atoms with Crippen molar-refractivity contribution in [1.29, 1.82) is 0 Å². The number of carbonyl (C=O) groups excluding carboxylic acids is 2. The summed E-state index contributed by atoms with van der Waals surface area (Å²) >= 11 is 0. The SMILES string of the molecule is COC(=O)c1ccc(F)c(NC(=O)NC(C)c2ccccc2C)c1. The van der Waals surface area contributed by atoms with Crippen molar-refractivity contribution < 1.29 is 18.7 Å². The Hall–Kier alpha value is -2.89. The molecule has 0 aliphatic carbocycles. The van der Waals surface area contributed by atoms with Gasteiger partial charge in [-0.2, -0.15) is 0 Å². The first-order valence-electron chi connectivity index (χ1n) is 7.43. The van der Waals surface area contributed by atoms with E-state index in [2.05, 4.69) is 15.4 Å². The number of anilines is 1. The molecular weight excluding hydrogens is 311 g/mol. The summed E-state index contributed by atoms with van der Waals surface area (Å²) in [6.07, 6.45) is 0. The van der Waals surface area contributed by atoms with Crippen molar-refractivity contribution >= 4 is 17.7 Å². The van der Waals surface area contributed by atoms with E-state index in [1.165, 1.54) is 19.2 Å². The minimum atomic E-state index is -0.638. The van der Waals surface area contributed by atoms with Crippen LogP contribution in [0.2, 0.25) is 0 Å². The number of aryl methyl sites for hydroxylation is 1. The maximum Gasteiger partial charge on any atom is 0.337 e. The number of amides is 2. The summed E-state index contributed by atoms with van der Waals surface area (Å²) in [6.45, 7) is 3.79. The first-order valence-corrected chi connectivity index (χ1v) is 7.43. The van der Waals surface area contributed by atoms with Crippen LogP contribution in [0.5, 0.6) is 0 Å². The second-order valence-electron chi connectivity index (χ2n) is 5.36. The largest absolute Gasteiger partial charge is 0.465 e. The average molecular weight is 330 g/mol. The Kier molecular flexibility index (Phi) is 5.52. The summed E-state index contributed by atoms with van der Waals surface area (Å²) < 4.78 is 18.4. The Balaban J connectivity index is 2.10. The third-order valence-electron chi connectivity index (χ3n) is 3.64. The number of rotatable bonds is 4. The van der Waals surface area contributed by atoms with Gasteiger partial charge in [0, 0.05) is 0 Å². The summed E-state index contributed by atoms with van der Waals surface area (Å²) in [7, 11) is 1.23. The van der Waals surface area contributed by atoms with Crippen molar-refractivity contribution in [1.82, 2.24) is 5.32 Å². The van der Waals surface area contributed by atoms with Gasteiger partial charge in [0.1, 0.15) is 5.82 Å². The Morgan fingerprint density at radius 1 is 1.17 bits per heavy atom. The Labute approximate surface area is 139 Å². The number of hydrogen-bond donors (Lipinski definition) is 2. The highest BCUT2D eigenvalue weighted by Gasteiger charge is 2.15. The highest BCUT2D eigenvalue weighted by Crippen LogP contribution is 2.19. The molecule has 0 aromatic heterocycles. The summed E-state index contributed by atoms with van der Waals surface area (Å²) in [6, 6.07) is 10.5. The molecule has 0 bridgehead atoms. The summed E-state index contributed by atoms with van der Waals surface area (Å²) in [5.41, 5.74) is 2.08. The van der Waals surface area contributed by atoms with Crippen LogP contribution >= 0.6 is 0 Å². The third-order valence-corrected chi connectivity index (χ3v) is 3.64. The minimum absolute atomic E-state index is 0.0904.